The molecule has 6 heteroatoms. The van der Waals surface area contributed by atoms with Crippen molar-refractivity contribution in [2.24, 2.45) is 0 Å². The second-order valence-corrected chi connectivity index (χ2v) is 4.95. The Balaban J connectivity index is 1.71. The van der Waals surface area contributed by atoms with Crippen LogP contribution in [0.2, 0.25) is 0 Å². The van der Waals surface area contributed by atoms with E-state index < -0.39 is 0 Å². The highest BCUT2D eigenvalue weighted by Gasteiger charge is 2.15. The molecule has 1 aliphatic rings. The Labute approximate surface area is 115 Å². The van der Waals surface area contributed by atoms with Crippen LogP contribution in [-0.4, -0.2) is 48.6 Å². The van der Waals surface area contributed by atoms with E-state index in [-0.39, 0.29) is 5.91 Å². The fourth-order valence-electron chi connectivity index (χ4n) is 1.75. The molecule has 2 rings (SSSR count). The van der Waals surface area contributed by atoms with Gasteiger partial charge in [0.2, 0.25) is 5.91 Å². The van der Waals surface area contributed by atoms with Crippen LogP contribution >= 0.6 is 15.9 Å². The van der Waals surface area contributed by atoms with E-state index in [1.165, 1.54) is 0 Å². The molecule has 0 atom stereocenters. The van der Waals surface area contributed by atoms with Crippen LogP contribution in [0.15, 0.2) is 22.8 Å². The summed E-state index contributed by atoms with van der Waals surface area (Å²) in [6, 6.07) is 3.79. The summed E-state index contributed by atoms with van der Waals surface area (Å²) in [6.07, 6.45) is 2.21. The van der Waals surface area contributed by atoms with Crippen molar-refractivity contribution in [3.8, 4) is 0 Å². The lowest BCUT2D eigenvalue weighted by atomic mass is 10.3. The number of hydrogen-bond acceptors (Lipinski definition) is 4. The Morgan fingerprint density at radius 2 is 2.22 bits per heavy atom. The molecular formula is C12H16BrN3O2. The molecule has 0 unspecified atom stereocenters. The molecule has 1 aromatic rings. The molecule has 1 N–H and O–H groups in total. The monoisotopic (exact) mass is 313 g/mol. The van der Waals surface area contributed by atoms with Crippen molar-refractivity contribution in [1.29, 1.82) is 0 Å². The second kappa shape index (κ2) is 6.70. The maximum absolute atomic E-state index is 11.8. The van der Waals surface area contributed by atoms with Gasteiger partial charge < -0.3 is 15.0 Å². The Hall–Kier alpha value is -1.14. The number of aromatic nitrogens is 1. The van der Waals surface area contributed by atoms with Crippen LogP contribution in [0.5, 0.6) is 0 Å². The average molecular weight is 314 g/mol. The third kappa shape index (κ3) is 3.96. The van der Waals surface area contributed by atoms with Crippen LogP contribution in [-0.2, 0) is 9.53 Å². The van der Waals surface area contributed by atoms with E-state index in [1.807, 2.05) is 17.0 Å². The molecule has 0 aromatic carbocycles. The van der Waals surface area contributed by atoms with E-state index in [9.17, 15) is 4.79 Å². The molecule has 0 radical (unpaired) electrons. The molecule has 0 bridgehead atoms. The number of morpholine rings is 1. The van der Waals surface area contributed by atoms with E-state index in [0.29, 0.717) is 39.3 Å². The van der Waals surface area contributed by atoms with Crippen LogP contribution in [0.3, 0.4) is 0 Å². The molecule has 0 saturated carbocycles. The standard InChI is InChI=1S/C12H16BrN3O2/c13-10-1-2-11(15-9-10)14-4-3-12(17)16-5-7-18-8-6-16/h1-2,9H,3-8H2,(H,14,15). The maximum Gasteiger partial charge on any atom is 0.224 e. The summed E-state index contributed by atoms with van der Waals surface area (Å²) in [5.41, 5.74) is 0. The van der Waals surface area contributed by atoms with Gasteiger partial charge >= 0.3 is 0 Å². The molecule has 5 nitrogen and oxygen atoms in total. The van der Waals surface area contributed by atoms with E-state index in [0.717, 1.165) is 10.3 Å². The second-order valence-electron chi connectivity index (χ2n) is 4.03. The molecule has 0 spiro atoms. The maximum atomic E-state index is 11.8. The molecule has 1 amide bonds. The lowest BCUT2D eigenvalue weighted by molar-refractivity contribution is -0.134. The normalized spacial score (nSPS) is 15.5. The van der Waals surface area contributed by atoms with Gasteiger partial charge in [-0.3, -0.25) is 4.79 Å². The predicted octanol–water partition coefficient (Wildman–Crippen LogP) is 1.50. The molecule has 1 aromatic heterocycles. The minimum Gasteiger partial charge on any atom is -0.378 e. The molecule has 18 heavy (non-hydrogen) atoms. The number of ether oxygens (including phenoxy) is 1. The third-order valence-corrected chi connectivity index (χ3v) is 3.21. The molecule has 1 fully saturated rings. The molecule has 1 aliphatic heterocycles. The first-order valence-electron chi connectivity index (χ1n) is 5.96. The lowest BCUT2D eigenvalue weighted by Crippen LogP contribution is -2.41. The Kier molecular flexibility index (Phi) is 4.95. The van der Waals surface area contributed by atoms with Crippen LogP contribution in [0.25, 0.3) is 0 Å². The molecular weight excluding hydrogens is 298 g/mol. The Bertz CT molecular complexity index is 391. The number of amides is 1. The van der Waals surface area contributed by atoms with Gasteiger partial charge in [0.15, 0.2) is 0 Å². The zero-order valence-electron chi connectivity index (χ0n) is 10.1. The summed E-state index contributed by atoms with van der Waals surface area (Å²) in [6.45, 7) is 3.30. The van der Waals surface area contributed by atoms with Gasteiger partial charge in [-0.05, 0) is 28.1 Å². The topological polar surface area (TPSA) is 54.5 Å². The number of rotatable bonds is 4. The van der Waals surface area contributed by atoms with Crippen molar-refractivity contribution in [2.45, 2.75) is 6.42 Å². The number of hydrogen-bond donors (Lipinski definition) is 1. The zero-order valence-corrected chi connectivity index (χ0v) is 11.6. The van der Waals surface area contributed by atoms with Crippen LogP contribution in [0.1, 0.15) is 6.42 Å². The van der Waals surface area contributed by atoms with Crippen molar-refractivity contribution < 1.29 is 9.53 Å². The average Bonchev–Trinajstić information content (AvgIpc) is 2.42. The van der Waals surface area contributed by atoms with Gasteiger partial charge in [0, 0.05) is 36.7 Å². The Morgan fingerprint density at radius 1 is 1.44 bits per heavy atom. The van der Waals surface area contributed by atoms with Gasteiger partial charge in [0.25, 0.3) is 0 Å². The number of nitrogens with one attached hydrogen (secondary N) is 1. The summed E-state index contributed by atoms with van der Waals surface area (Å²) in [7, 11) is 0. The summed E-state index contributed by atoms with van der Waals surface area (Å²) in [4.78, 5) is 17.9. The van der Waals surface area contributed by atoms with Gasteiger partial charge in [-0.2, -0.15) is 0 Å². The van der Waals surface area contributed by atoms with Crippen LogP contribution < -0.4 is 5.32 Å². The SMILES string of the molecule is O=C(CCNc1ccc(Br)cn1)N1CCOCC1. The van der Waals surface area contributed by atoms with Crippen LogP contribution in [0.4, 0.5) is 5.82 Å². The van der Waals surface area contributed by atoms with Crippen molar-refractivity contribution in [2.75, 3.05) is 38.2 Å². The zero-order chi connectivity index (χ0) is 12.8. The summed E-state index contributed by atoms with van der Waals surface area (Å²) in [5.74, 6) is 0.955. The van der Waals surface area contributed by atoms with Gasteiger partial charge in [0.05, 0.1) is 13.2 Å². The van der Waals surface area contributed by atoms with E-state index >= 15 is 0 Å². The van der Waals surface area contributed by atoms with E-state index in [4.69, 9.17) is 4.74 Å². The number of nitrogens with zero attached hydrogens (tertiary/aromatic N) is 2. The molecule has 1 saturated heterocycles. The highest BCUT2D eigenvalue weighted by molar-refractivity contribution is 9.10. The predicted molar refractivity (Wildman–Crippen MR) is 72.4 cm³/mol. The van der Waals surface area contributed by atoms with Gasteiger partial charge in [-0.1, -0.05) is 0 Å². The largest absolute Gasteiger partial charge is 0.378 e. The van der Waals surface area contributed by atoms with Gasteiger partial charge in [-0.15, -0.1) is 0 Å². The highest BCUT2D eigenvalue weighted by atomic mass is 79.9. The van der Waals surface area contributed by atoms with Crippen molar-refractivity contribution in [3.63, 3.8) is 0 Å². The number of anilines is 1. The summed E-state index contributed by atoms with van der Waals surface area (Å²) >= 11 is 3.33. The van der Waals surface area contributed by atoms with Crippen molar-refractivity contribution in [1.82, 2.24) is 9.88 Å². The lowest BCUT2D eigenvalue weighted by Gasteiger charge is -2.26. The molecule has 0 aliphatic carbocycles. The summed E-state index contributed by atoms with van der Waals surface area (Å²) in [5, 5.41) is 3.13. The minimum atomic E-state index is 0.169. The van der Waals surface area contributed by atoms with E-state index in [1.54, 1.807) is 6.20 Å². The van der Waals surface area contributed by atoms with Crippen molar-refractivity contribution >= 4 is 27.7 Å². The smallest absolute Gasteiger partial charge is 0.224 e. The van der Waals surface area contributed by atoms with Gasteiger partial charge in [0.1, 0.15) is 5.82 Å². The summed E-state index contributed by atoms with van der Waals surface area (Å²) < 4.78 is 6.15. The number of carbonyl (C=O) groups excluding carboxylic acids is 1. The first-order chi connectivity index (χ1) is 8.75. The van der Waals surface area contributed by atoms with Crippen molar-refractivity contribution in [3.05, 3.63) is 22.8 Å². The Morgan fingerprint density at radius 3 is 2.89 bits per heavy atom. The van der Waals surface area contributed by atoms with Gasteiger partial charge in [-0.25, -0.2) is 4.98 Å². The van der Waals surface area contributed by atoms with E-state index in [2.05, 4.69) is 26.2 Å². The molecule has 98 valence electrons. The number of halogens is 1. The first kappa shape index (κ1) is 13.3. The molecule has 2 heterocycles. The third-order valence-electron chi connectivity index (χ3n) is 2.74. The highest BCUT2D eigenvalue weighted by Crippen LogP contribution is 2.10. The fraction of sp³-hybridized carbons (Fsp3) is 0.500. The van der Waals surface area contributed by atoms with Crippen LogP contribution in [0, 0.1) is 0 Å². The number of carbonyl (C=O) groups is 1. The number of pyridine rings is 1. The minimum absolute atomic E-state index is 0.169. The fourth-order valence-corrected chi connectivity index (χ4v) is 1.98. The first-order valence-corrected chi connectivity index (χ1v) is 6.76. The quantitative estimate of drug-likeness (QED) is 0.915.